The first-order chi connectivity index (χ1) is 8.93. The van der Waals surface area contributed by atoms with Crippen molar-refractivity contribution >= 4 is 5.91 Å². The van der Waals surface area contributed by atoms with Gasteiger partial charge >= 0.3 is 0 Å². The molecular weight excluding hydrogens is 238 g/mol. The Balaban J connectivity index is 1.98. The van der Waals surface area contributed by atoms with Gasteiger partial charge in [0.2, 0.25) is 5.91 Å². The van der Waals surface area contributed by atoms with Crippen molar-refractivity contribution in [3.8, 4) is 0 Å². The van der Waals surface area contributed by atoms with E-state index in [0.717, 1.165) is 25.2 Å². The topological polar surface area (TPSA) is 58.4 Å². The van der Waals surface area contributed by atoms with E-state index in [4.69, 9.17) is 5.73 Å². The van der Waals surface area contributed by atoms with Crippen molar-refractivity contribution in [2.24, 2.45) is 11.7 Å². The number of nitrogens with two attached hydrogens (primary N) is 1. The molecule has 0 aromatic carbocycles. The fraction of sp³-hybridized carbons (Fsp3) is 0.933. The van der Waals surface area contributed by atoms with Crippen LogP contribution in [0.2, 0.25) is 0 Å². The van der Waals surface area contributed by atoms with E-state index in [1.807, 2.05) is 0 Å². The summed E-state index contributed by atoms with van der Waals surface area (Å²) in [5.41, 5.74) is 5.20. The summed E-state index contributed by atoms with van der Waals surface area (Å²) in [5.74, 6) is 0.682. The second-order valence-corrected chi connectivity index (χ2v) is 6.86. The second-order valence-electron chi connectivity index (χ2n) is 6.86. The van der Waals surface area contributed by atoms with Crippen molar-refractivity contribution in [3.05, 3.63) is 0 Å². The minimum absolute atomic E-state index is 0.172. The molecule has 0 spiro atoms. The molecule has 2 fully saturated rings. The third-order valence-corrected chi connectivity index (χ3v) is 4.86. The van der Waals surface area contributed by atoms with Gasteiger partial charge in [-0.2, -0.15) is 0 Å². The maximum Gasteiger partial charge on any atom is 0.237 e. The van der Waals surface area contributed by atoms with Crippen LogP contribution in [0.3, 0.4) is 0 Å². The highest BCUT2D eigenvalue weighted by molar-refractivity contribution is 5.85. The molecular formula is C15H29N3O. The Labute approximate surface area is 117 Å². The molecule has 2 unspecified atom stereocenters. The third-order valence-electron chi connectivity index (χ3n) is 4.86. The average molecular weight is 267 g/mol. The number of hydrogen-bond donors (Lipinski definition) is 2. The molecule has 1 amide bonds. The molecule has 1 aliphatic carbocycles. The van der Waals surface area contributed by atoms with E-state index < -0.39 is 5.54 Å². The van der Waals surface area contributed by atoms with Crippen molar-refractivity contribution in [1.29, 1.82) is 0 Å². The van der Waals surface area contributed by atoms with Crippen molar-refractivity contribution in [3.63, 3.8) is 0 Å². The van der Waals surface area contributed by atoms with Gasteiger partial charge in [-0.25, -0.2) is 0 Å². The lowest BCUT2D eigenvalue weighted by Crippen LogP contribution is -2.57. The molecule has 1 saturated carbocycles. The van der Waals surface area contributed by atoms with Gasteiger partial charge < -0.3 is 16.0 Å². The number of nitrogens with zero attached hydrogens (tertiary/aromatic N) is 1. The molecule has 1 aliphatic heterocycles. The molecule has 4 heteroatoms. The number of primary amides is 1. The Morgan fingerprint density at radius 1 is 1.32 bits per heavy atom. The molecule has 4 nitrogen and oxygen atoms in total. The molecule has 1 saturated heterocycles. The maximum absolute atomic E-state index is 11.9. The molecule has 1 heterocycles. The van der Waals surface area contributed by atoms with Gasteiger partial charge in [-0.15, -0.1) is 0 Å². The largest absolute Gasteiger partial charge is 0.368 e. The molecule has 0 aromatic rings. The zero-order valence-electron chi connectivity index (χ0n) is 12.6. The highest BCUT2D eigenvalue weighted by Gasteiger charge is 2.46. The monoisotopic (exact) mass is 267 g/mol. The van der Waals surface area contributed by atoms with E-state index >= 15 is 0 Å². The number of carbonyl (C=O) groups is 1. The fourth-order valence-electron chi connectivity index (χ4n) is 3.70. The minimum Gasteiger partial charge on any atom is -0.368 e. The molecule has 2 aliphatic rings. The lowest BCUT2D eigenvalue weighted by Gasteiger charge is -2.36. The molecule has 110 valence electrons. The summed E-state index contributed by atoms with van der Waals surface area (Å²) >= 11 is 0. The zero-order valence-corrected chi connectivity index (χ0v) is 12.6. The van der Waals surface area contributed by atoms with Crippen LogP contribution in [0.1, 0.15) is 52.9 Å². The van der Waals surface area contributed by atoms with E-state index in [0.29, 0.717) is 12.1 Å². The smallest absolute Gasteiger partial charge is 0.237 e. The quantitative estimate of drug-likeness (QED) is 0.811. The Kier molecular flexibility index (Phi) is 4.51. The first-order valence-electron chi connectivity index (χ1n) is 7.74. The van der Waals surface area contributed by atoms with Crippen LogP contribution in [0, 0.1) is 5.92 Å². The summed E-state index contributed by atoms with van der Waals surface area (Å²) in [6.45, 7) is 8.87. The number of nitrogens with one attached hydrogen (secondary N) is 1. The predicted octanol–water partition coefficient (Wildman–Crippen LogP) is 1.49. The van der Waals surface area contributed by atoms with Crippen molar-refractivity contribution in [1.82, 2.24) is 10.2 Å². The van der Waals surface area contributed by atoms with Gasteiger partial charge in [0.1, 0.15) is 0 Å². The van der Waals surface area contributed by atoms with E-state index in [1.165, 1.54) is 25.9 Å². The van der Waals surface area contributed by atoms with Crippen LogP contribution < -0.4 is 11.1 Å². The Bertz CT molecular complexity index is 323. The van der Waals surface area contributed by atoms with Gasteiger partial charge in [-0.05, 0) is 65.0 Å². The van der Waals surface area contributed by atoms with Gasteiger partial charge in [0, 0.05) is 12.1 Å². The highest BCUT2D eigenvalue weighted by atomic mass is 16.1. The summed E-state index contributed by atoms with van der Waals surface area (Å²) in [6, 6.07) is 0.832. The lowest BCUT2D eigenvalue weighted by atomic mass is 9.94. The van der Waals surface area contributed by atoms with Crippen LogP contribution in [0.25, 0.3) is 0 Å². The van der Waals surface area contributed by atoms with Crippen molar-refractivity contribution in [2.75, 3.05) is 13.1 Å². The standard InChI is InChI=1S/C15H29N3O/c1-11(2)17-15(14(16)19)7-4-13(10-15)18-8-5-12(3)6-9-18/h11-13,17H,4-10H2,1-3H3,(H2,16,19). The van der Waals surface area contributed by atoms with Crippen molar-refractivity contribution < 1.29 is 4.79 Å². The Morgan fingerprint density at radius 2 is 1.95 bits per heavy atom. The van der Waals surface area contributed by atoms with Gasteiger partial charge in [0.25, 0.3) is 0 Å². The van der Waals surface area contributed by atoms with Crippen LogP contribution in [-0.4, -0.2) is 41.5 Å². The predicted molar refractivity (Wildman–Crippen MR) is 77.8 cm³/mol. The molecule has 3 N–H and O–H groups in total. The number of carbonyl (C=O) groups excluding carboxylic acids is 1. The molecule has 0 radical (unpaired) electrons. The Morgan fingerprint density at radius 3 is 2.47 bits per heavy atom. The maximum atomic E-state index is 11.9. The fourth-order valence-corrected chi connectivity index (χ4v) is 3.70. The van der Waals surface area contributed by atoms with Gasteiger partial charge in [0.15, 0.2) is 0 Å². The third kappa shape index (κ3) is 3.29. The van der Waals surface area contributed by atoms with E-state index in [1.54, 1.807) is 0 Å². The van der Waals surface area contributed by atoms with Crippen LogP contribution >= 0.6 is 0 Å². The lowest BCUT2D eigenvalue weighted by molar-refractivity contribution is -0.124. The number of hydrogen-bond acceptors (Lipinski definition) is 3. The van der Waals surface area contributed by atoms with Crippen molar-refractivity contribution in [2.45, 2.75) is 70.5 Å². The van der Waals surface area contributed by atoms with E-state index in [9.17, 15) is 4.79 Å². The molecule has 19 heavy (non-hydrogen) atoms. The van der Waals surface area contributed by atoms with E-state index in [2.05, 4.69) is 31.0 Å². The average Bonchev–Trinajstić information content (AvgIpc) is 2.74. The van der Waals surface area contributed by atoms with Crippen LogP contribution in [0.15, 0.2) is 0 Å². The van der Waals surface area contributed by atoms with Gasteiger partial charge in [-0.1, -0.05) is 6.92 Å². The number of likely N-dealkylation sites (tertiary alicyclic amines) is 1. The minimum atomic E-state index is -0.470. The van der Waals surface area contributed by atoms with Gasteiger partial charge in [0.05, 0.1) is 5.54 Å². The molecule has 2 atom stereocenters. The summed E-state index contributed by atoms with van der Waals surface area (Å²) in [5, 5.41) is 3.43. The van der Waals surface area contributed by atoms with Crippen LogP contribution in [-0.2, 0) is 4.79 Å². The van der Waals surface area contributed by atoms with Crippen LogP contribution in [0.4, 0.5) is 0 Å². The number of piperidine rings is 1. The SMILES string of the molecule is CC1CCN(C2CCC(NC(C)C)(C(N)=O)C2)CC1. The molecule has 0 aromatic heterocycles. The first-order valence-corrected chi connectivity index (χ1v) is 7.74. The number of rotatable bonds is 4. The summed E-state index contributed by atoms with van der Waals surface area (Å²) < 4.78 is 0. The highest BCUT2D eigenvalue weighted by Crippen LogP contribution is 2.35. The van der Waals surface area contributed by atoms with E-state index in [-0.39, 0.29) is 5.91 Å². The summed E-state index contributed by atoms with van der Waals surface area (Å²) in [7, 11) is 0. The summed E-state index contributed by atoms with van der Waals surface area (Å²) in [6.07, 6.45) is 5.44. The van der Waals surface area contributed by atoms with Crippen LogP contribution in [0.5, 0.6) is 0 Å². The molecule has 0 bridgehead atoms. The summed E-state index contributed by atoms with van der Waals surface area (Å²) in [4.78, 5) is 14.5. The number of amides is 1. The zero-order chi connectivity index (χ0) is 14.0. The van der Waals surface area contributed by atoms with Gasteiger partial charge in [-0.3, -0.25) is 4.79 Å². The Hall–Kier alpha value is -0.610. The molecule has 2 rings (SSSR count). The second kappa shape index (κ2) is 5.80. The first kappa shape index (κ1) is 14.8. The normalized spacial score (nSPS) is 34.0.